The van der Waals surface area contributed by atoms with Gasteiger partial charge in [-0.05, 0) is 51.3 Å². The van der Waals surface area contributed by atoms with Crippen LogP contribution in [0.25, 0.3) is 5.69 Å². The van der Waals surface area contributed by atoms with Gasteiger partial charge in [-0.25, -0.2) is 4.68 Å². The predicted octanol–water partition coefficient (Wildman–Crippen LogP) is 3.42. The zero-order chi connectivity index (χ0) is 14.5. The highest BCUT2D eigenvalue weighted by atomic mass is 15.4. The van der Waals surface area contributed by atoms with Crippen LogP contribution in [-0.2, 0) is 0 Å². The van der Waals surface area contributed by atoms with Crippen molar-refractivity contribution in [3.63, 3.8) is 0 Å². The van der Waals surface area contributed by atoms with E-state index in [0.29, 0.717) is 0 Å². The Morgan fingerprint density at radius 1 is 1.24 bits per heavy atom. The maximum atomic E-state index is 4.26. The van der Waals surface area contributed by atoms with E-state index >= 15 is 0 Å². The van der Waals surface area contributed by atoms with Gasteiger partial charge in [0.25, 0.3) is 0 Å². The van der Waals surface area contributed by atoms with E-state index in [1.54, 1.807) is 5.57 Å². The minimum atomic E-state index is 0.254. The lowest BCUT2D eigenvalue weighted by Gasteiger charge is -2.21. The third-order valence-electron chi connectivity index (χ3n) is 4.13. The Hall–Kier alpha value is -1.94. The van der Waals surface area contributed by atoms with Gasteiger partial charge in [0.05, 0.1) is 23.6 Å². The van der Waals surface area contributed by atoms with Crippen molar-refractivity contribution in [2.24, 2.45) is 0 Å². The normalized spacial score (nSPS) is 16.5. The SMILES string of the molecule is CNC(CC1=CCCCC1)c1cnnn1-c1ccccc1. The highest BCUT2D eigenvalue weighted by Gasteiger charge is 2.18. The molecular formula is C17H22N4. The molecule has 1 aliphatic carbocycles. The van der Waals surface area contributed by atoms with Crippen LogP contribution in [0.4, 0.5) is 0 Å². The lowest BCUT2D eigenvalue weighted by Crippen LogP contribution is -2.21. The molecule has 2 aromatic rings. The first-order chi connectivity index (χ1) is 10.4. The van der Waals surface area contributed by atoms with Crippen LogP contribution < -0.4 is 5.32 Å². The highest BCUT2D eigenvalue weighted by molar-refractivity contribution is 5.32. The molecule has 110 valence electrons. The molecule has 1 unspecified atom stereocenters. The average Bonchev–Trinajstić information content (AvgIpc) is 3.04. The molecule has 4 heteroatoms. The molecule has 1 aliphatic rings. The summed E-state index contributed by atoms with van der Waals surface area (Å²) in [5.41, 5.74) is 3.74. The van der Waals surface area contributed by atoms with Crippen LogP contribution in [-0.4, -0.2) is 22.0 Å². The summed E-state index contributed by atoms with van der Waals surface area (Å²) in [6.45, 7) is 0. The van der Waals surface area contributed by atoms with Gasteiger partial charge in [-0.1, -0.05) is 35.1 Å². The van der Waals surface area contributed by atoms with Gasteiger partial charge in [0.1, 0.15) is 0 Å². The first kappa shape index (κ1) is 14.0. The van der Waals surface area contributed by atoms with Crippen LogP contribution in [0.3, 0.4) is 0 Å². The van der Waals surface area contributed by atoms with E-state index in [2.05, 4.69) is 33.8 Å². The van der Waals surface area contributed by atoms with Gasteiger partial charge in [-0.15, -0.1) is 5.10 Å². The molecule has 1 atom stereocenters. The Labute approximate surface area is 125 Å². The number of aromatic nitrogens is 3. The van der Waals surface area contributed by atoms with Crippen LogP contribution in [0.1, 0.15) is 43.8 Å². The number of hydrogen-bond acceptors (Lipinski definition) is 3. The molecule has 1 aromatic carbocycles. The molecule has 1 aromatic heterocycles. The van der Waals surface area contributed by atoms with Crippen molar-refractivity contribution in [3.8, 4) is 5.69 Å². The number of allylic oxidation sites excluding steroid dienone is 1. The van der Waals surface area contributed by atoms with Gasteiger partial charge in [0, 0.05) is 0 Å². The molecule has 0 fully saturated rings. The van der Waals surface area contributed by atoms with Crippen molar-refractivity contribution in [1.82, 2.24) is 20.3 Å². The van der Waals surface area contributed by atoms with Gasteiger partial charge in [-0.3, -0.25) is 0 Å². The van der Waals surface area contributed by atoms with Crippen molar-refractivity contribution in [2.75, 3.05) is 7.05 Å². The molecule has 1 N–H and O–H groups in total. The average molecular weight is 282 g/mol. The summed E-state index contributed by atoms with van der Waals surface area (Å²) in [6.07, 6.45) is 10.4. The van der Waals surface area contributed by atoms with E-state index < -0.39 is 0 Å². The number of nitrogens with zero attached hydrogens (tertiary/aromatic N) is 3. The van der Waals surface area contributed by atoms with E-state index in [1.165, 1.54) is 25.7 Å². The van der Waals surface area contributed by atoms with E-state index in [0.717, 1.165) is 17.8 Å². The summed E-state index contributed by atoms with van der Waals surface area (Å²) in [5.74, 6) is 0. The lowest BCUT2D eigenvalue weighted by atomic mass is 9.93. The molecule has 0 radical (unpaired) electrons. The van der Waals surface area contributed by atoms with E-state index in [1.807, 2.05) is 36.1 Å². The fourth-order valence-corrected chi connectivity index (χ4v) is 2.96. The van der Waals surface area contributed by atoms with E-state index in [9.17, 15) is 0 Å². The predicted molar refractivity (Wildman–Crippen MR) is 84.3 cm³/mol. The molecule has 0 saturated carbocycles. The Kier molecular flexibility index (Phi) is 4.46. The second kappa shape index (κ2) is 6.68. The van der Waals surface area contributed by atoms with Crippen LogP contribution >= 0.6 is 0 Å². The van der Waals surface area contributed by atoms with Crippen molar-refractivity contribution < 1.29 is 0 Å². The number of nitrogens with one attached hydrogen (secondary N) is 1. The highest BCUT2D eigenvalue weighted by Crippen LogP contribution is 2.28. The van der Waals surface area contributed by atoms with Crippen LogP contribution in [0.5, 0.6) is 0 Å². The molecule has 0 spiro atoms. The zero-order valence-electron chi connectivity index (χ0n) is 12.5. The van der Waals surface area contributed by atoms with Crippen LogP contribution in [0.15, 0.2) is 48.2 Å². The minimum Gasteiger partial charge on any atom is -0.311 e. The van der Waals surface area contributed by atoms with Gasteiger partial charge >= 0.3 is 0 Å². The topological polar surface area (TPSA) is 42.7 Å². The van der Waals surface area contributed by atoms with Crippen molar-refractivity contribution in [3.05, 3.63) is 53.9 Å². The molecule has 0 aliphatic heterocycles. The molecule has 0 amide bonds. The maximum absolute atomic E-state index is 4.26. The molecule has 1 heterocycles. The molecule has 0 bridgehead atoms. The van der Waals surface area contributed by atoms with Crippen LogP contribution in [0.2, 0.25) is 0 Å². The fraction of sp³-hybridized carbons (Fsp3) is 0.412. The summed E-state index contributed by atoms with van der Waals surface area (Å²) >= 11 is 0. The quantitative estimate of drug-likeness (QED) is 0.854. The summed E-state index contributed by atoms with van der Waals surface area (Å²) in [7, 11) is 2.01. The second-order valence-electron chi connectivity index (χ2n) is 5.56. The number of benzene rings is 1. The van der Waals surface area contributed by atoms with Gasteiger partial charge in [0.15, 0.2) is 0 Å². The third kappa shape index (κ3) is 3.22. The third-order valence-corrected chi connectivity index (χ3v) is 4.13. The Bertz CT molecular complexity index is 600. The minimum absolute atomic E-state index is 0.254. The fourth-order valence-electron chi connectivity index (χ4n) is 2.96. The maximum Gasteiger partial charge on any atom is 0.0818 e. The smallest absolute Gasteiger partial charge is 0.0818 e. The van der Waals surface area contributed by atoms with E-state index in [-0.39, 0.29) is 6.04 Å². The Morgan fingerprint density at radius 2 is 2.10 bits per heavy atom. The second-order valence-corrected chi connectivity index (χ2v) is 5.56. The number of rotatable bonds is 5. The molecule has 0 saturated heterocycles. The van der Waals surface area contributed by atoms with Crippen molar-refractivity contribution in [1.29, 1.82) is 0 Å². The lowest BCUT2D eigenvalue weighted by molar-refractivity contribution is 0.531. The van der Waals surface area contributed by atoms with Crippen molar-refractivity contribution in [2.45, 2.75) is 38.1 Å². The van der Waals surface area contributed by atoms with Crippen LogP contribution in [0, 0.1) is 0 Å². The number of hydrogen-bond donors (Lipinski definition) is 1. The first-order valence-electron chi connectivity index (χ1n) is 7.69. The molecule has 4 nitrogen and oxygen atoms in total. The zero-order valence-corrected chi connectivity index (χ0v) is 12.5. The van der Waals surface area contributed by atoms with Gasteiger partial charge < -0.3 is 5.32 Å². The molecular weight excluding hydrogens is 260 g/mol. The summed E-state index contributed by atoms with van der Waals surface area (Å²) in [4.78, 5) is 0. The Morgan fingerprint density at radius 3 is 2.81 bits per heavy atom. The van der Waals surface area contributed by atoms with Gasteiger partial charge in [0.2, 0.25) is 0 Å². The largest absolute Gasteiger partial charge is 0.311 e. The molecule has 3 rings (SSSR count). The monoisotopic (exact) mass is 282 g/mol. The first-order valence-corrected chi connectivity index (χ1v) is 7.69. The standard InChI is InChI=1S/C17H22N4/c1-18-16(12-14-8-4-2-5-9-14)17-13-19-20-21(17)15-10-6-3-7-11-15/h3,6-8,10-11,13,16,18H,2,4-5,9,12H2,1H3. The van der Waals surface area contributed by atoms with E-state index in [4.69, 9.17) is 0 Å². The Balaban J connectivity index is 1.85. The number of para-hydroxylation sites is 1. The van der Waals surface area contributed by atoms with Gasteiger partial charge in [-0.2, -0.15) is 0 Å². The summed E-state index contributed by atoms with van der Waals surface area (Å²) < 4.78 is 1.94. The van der Waals surface area contributed by atoms with Crippen molar-refractivity contribution >= 4 is 0 Å². The summed E-state index contributed by atoms with van der Waals surface area (Å²) in [6, 6.07) is 10.4. The summed E-state index contributed by atoms with van der Waals surface area (Å²) in [5, 5.41) is 11.8. The molecule has 21 heavy (non-hydrogen) atoms.